The lowest BCUT2D eigenvalue weighted by Gasteiger charge is -2.24. The molecule has 116 valence electrons. The molecule has 0 aliphatic carbocycles. The van der Waals surface area contributed by atoms with E-state index in [2.05, 4.69) is 0 Å². The molecule has 0 unspecified atom stereocenters. The molecule has 1 saturated heterocycles. The van der Waals surface area contributed by atoms with Crippen molar-refractivity contribution in [1.82, 2.24) is 4.90 Å². The van der Waals surface area contributed by atoms with Gasteiger partial charge in [-0.1, -0.05) is 0 Å². The highest BCUT2D eigenvalue weighted by molar-refractivity contribution is 5.68. The second-order valence-electron chi connectivity index (χ2n) is 6.14. The van der Waals surface area contributed by atoms with Gasteiger partial charge in [-0.05, 0) is 32.9 Å². The standard InChI is InChI=1S/C15H21FN2O3/c1-15(2,3)21-14(19)18-7-6-11(9-18)20-13-8-10(17)4-5-12(13)16/h4-5,8,11H,6-7,9,17H2,1-3H3/t11-/m1/s1. The minimum Gasteiger partial charge on any atom is -0.485 e. The number of nitrogens with two attached hydrogens (primary N) is 1. The Bertz CT molecular complexity index is 528. The molecule has 1 heterocycles. The van der Waals surface area contributed by atoms with Gasteiger partial charge >= 0.3 is 6.09 Å². The average molecular weight is 296 g/mol. The SMILES string of the molecule is CC(C)(C)OC(=O)N1CC[C@@H](Oc2cc(N)ccc2F)C1. The van der Waals surface area contributed by atoms with Crippen molar-refractivity contribution in [2.75, 3.05) is 18.8 Å². The lowest BCUT2D eigenvalue weighted by molar-refractivity contribution is 0.0275. The van der Waals surface area contributed by atoms with Crippen molar-refractivity contribution >= 4 is 11.8 Å². The van der Waals surface area contributed by atoms with Gasteiger partial charge in [-0.2, -0.15) is 0 Å². The monoisotopic (exact) mass is 296 g/mol. The molecule has 1 fully saturated rings. The maximum Gasteiger partial charge on any atom is 0.410 e. The fourth-order valence-electron chi connectivity index (χ4n) is 2.11. The van der Waals surface area contributed by atoms with E-state index >= 15 is 0 Å². The summed E-state index contributed by atoms with van der Waals surface area (Å²) < 4.78 is 24.5. The van der Waals surface area contributed by atoms with Crippen molar-refractivity contribution in [3.63, 3.8) is 0 Å². The predicted octanol–water partition coefficient (Wildman–Crippen LogP) is 2.80. The van der Waals surface area contributed by atoms with Gasteiger partial charge in [0.25, 0.3) is 0 Å². The molecule has 0 aromatic heterocycles. The van der Waals surface area contributed by atoms with Crippen LogP contribution in [-0.2, 0) is 4.74 Å². The van der Waals surface area contributed by atoms with Gasteiger partial charge in [0.05, 0.1) is 6.54 Å². The minimum absolute atomic E-state index is 0.117. The van der Waals surface area contributed by atoms with Crippen molar-refractivity contribution < 1.29 is 18.7 Å². The van der Waals surface area contributed by atoms with Crippen molar-refractivity contribution in [1.29, 1.82) is 0 Å². The summed E-state index contributed by atoms with van der Waals surface area (Å²) in [6.45, 7) is 6.36. The first-order valence-electron chi connectivity index (χ1n) is 6.94. The zero-order valence-electron chi connectivity index (χ0n) is 12.6. The zero-order valence-corrected chi connectivity index (χ0v) is 12.6. The zero-order chi connectivity index (χ0) is 15.6. The van der Waals surface area contributed by atoms with E-state index in [4.69, 9.17) is 15.2 Å². The van der Waals surface area contributed by atoms with Crippen molar-refractivity contribution in [2.24, 2.45) is 0 Å². The van der Waals surface area contributed by atoms with Crippen LogP contribution in [0.2, 0.25) is 0 Å². The summed E-state index contributed by atoms with van der Waals surface area (Å²) in [7, 11) is 0. The van der Waals surface area contributed by atoms with Crippen molar-refractivity contribution in [2.45, 2.75) is 38.9 Å². The Morgan fingerprint density at radius 3 is 2.81 bits per heavy atom. The second-order valence-corrected chi connectivity index (χ2v) is 6.14. The van der Waals surface area contributed by atoms with E-state index in [1.807, 2.05) is 20.8 Å². The van der Waals surface area contributed by atoms with E-state index in [0.717, 1.165) is 0 Å². The van der Waals surface area contributed by atoms with E-state index < -0.39 is 11.4 Å². The van der Waals surface area contributed by atoms with Crippen LogP contribution < -0.4 is 10.5 Å². The summed E-state index contributed by atoms with van der Waals surface area (Å²) in [6, 6.07) is 4.20. The summed E-state index contributed by atoms with van der Waals surface area (Å²) in [5, 5.41) is 0. The van der Waals surface area contributed by atoms with E-state index in [1.165, 1.54) is 18.2 Å². The van der Waals surface area contributed by atoms with Crippen LogP contribution in [0.25, 0.3) is 0 Å². The highest BCUT2D eigenvalue weighted by Gasteiger charge is 2.31. The van der Waals surface area contributed by atoms with Gasteiger partial charge in [-0.25, -0.2) is 9.18 Å². The Morgan fingerprint density at radius 1 is 1.43 bits per heavy atom. The Morgan fingerprint density at radius 2 is 2.14 bits per heavy atom. The van der Waals surface area contributed by atoms with Gasteiger partial charge in [0.1, 0.15) is 11.7 Å². The van der Waals surface area contributed by atoms with Crippen LogP contribution in [0.3, 0.4) is 0 Å². The van der Waals surface area contributed by atoms with E-state index in [1.54, 1.807) is 4.90 Å². The summed E-state index contributed by atoms with van der Waals surface area (Å²) in [4.78, 5) is 13.5. The van der Waals surface area contributed by atoms with Gasteiger partial charge in [0, 0.05) is 24.7 Å². The number of carbonyl (C=O) groups excluding carboxylic acids is 1. The molecule has 2 N–H and O–H groups in total. The normalized spacial score (nSPS) is 18.7. The van der Waals surface area contributed by atoms with Crippen LogP contribution in [0.1, 0.15) is 27.2 Å². The van der Waals surface area contributed by atoms with Gasteiger partial charge in [0.2, 0.25) is 0 Å². The topological polar surface area (TPSA) is 64.8 Å². The molecule has 1 amide bonds. The Balaban J connectivity index is 1.93. The molecule has 6 heteroatoms. The molecular weight excluding hydrogens is 275 g/mol. The lowest BCUT2D eigenvalue weighted by atomic mass is 10.2. The number of amides is 1. The number of benzene rings is 1. The van der Waals surface area contributed by atoms with E-state index in [0.29, 0.717) is 25.2 Å². The molecule has 1 aliphatic heterocycles. The number of halogens is 1. The third-order valence-corrected chi connectivity index (χ3v) is 3.05. The highest BCUT2D eigenvalue weighted by Crippen LogP contribution is 2.24. The fourth-order valence-corrected chi connectivity index (χ4v) is 2.11. The van der Waals surface area contributed by atoms with Crippen LogP contribution in [0.5, 0.6) is 5.75 Å². The van der Waals surface area contributed by atoms with Crippen molar-refractivity contribution in [3.05, 3.63) is 24.0 Å². The number of ether oxygens (including phenoxy) is 2. The van der Waals surface area contributed by atoms with Crippen LogP contribution in [-0.4, -0.2) is 35.8 Å². The van der Waals surface area contributed by atoms with E-state index in [9.17, 15) is 9.18 Å². The molecule has 2 rings (SSSR count). The minimum atomic E-state index is -0.532. The molecule has 0 spiro atoms. The number of nitrogen functional groups attached to an aromatic ring is 1. The van der Waals surface area contributed by atoms with Gasteiger partial charge in [0.15, 0.2) is 11.6 Å². The molecule has 21 heavy (non-hydrogen) atoms. The molecule has 0 saturated carbocycles. The molecule has 1 aromatic rings. The number of hydrogen-bond donors (Lipinski definition) is 1. The smallest absolute Gasteiger partial charge is 0.410 e. The van der Waals surface area contributed by atoms with Gasteiger partial charge in [-0.15, -0.1) is 0 Å². The molecule has 1 atom stereocenters. The maximum atomic E-state index is 13.6. The Kier molecular flexibility index (Phi) is 4.25. The largest absolute Gasteiger partial charge is 0.485 e. The molecular formula is C15H21FN2O3. The first-order chi connectivity index (χ1) is 9.74. The summed E-state index contributed by atoms with van der Waals surface area (Å²) >= 11 is 0. The quantitative estimate of drug-likeness (QED) is 0.852. The molecule has 5 nitrogen and oxygen atoms in total. The number of carbonyl (C=O) groups is 1. The summed E-state index contributed by atoms with van der Waals surface area (Å²) in [6.07, 6.45) is 0.00322. The molecule has 1 aromatic carbocycles. The van der Waals surface area contributed by atoms with E-state index in [-0.39, 0.29) is 17.9 Å². The average Bonchev–Trinajstić information content (AvgIpc) is 2.80. The number of likely N-dealkylation sites (tertiary alicyclic amines) is 1. The number of anilines is 1. The fraction of sp³-hybridized carbons (Fsp3) is 0.533. The lowest BCUT2D eigenvalue weighted by Crippen LogP contribution is -2.36. The van der Waals surface area contributed by atoms with Gasteiger partial charge < -0.3 is 20.1 Å². The van der Waals surface area contributed by atoms with Crippen molar-refractivity contribution in [3.8, 4) is 5.75 Å². The highest BCUT2D eigenvalue weighted by atomic mass is 19.1. The first kappa shape index (κ1) is 15.4. The Hall–Kier alpha value is -1.98. The third kappa shape index (κ3) is 4.24. The number of hydrogen-bond acceptors (Lipinski definition) is 4. The summed E-state index contributed by atoms with van der Waals surface area (Å²) in [5.74, 6) is -0.342. The van der Waals surface area contributed by atoms with Crippen LogP contribution >= 0.6 is 0 Å². The maximum absolute atomic E-state index is 13.6. The molecule has 0 radical (unpaired) electrons. The number of nitrogens with zero attached hydrogens (tertiary/aromatic N) is 1. The Labute approximate surface area is 123 Å². The van der Waals surface area contributed by atoms with Crippen LogP contribution in [0, 0.1) is 5.82 Å². The predicted molar refractivity (Wildman–Crippen MR) is 77.7 cm³/mol. The summed E-state index contributed by atoms with van der Waals surface area (Å²) in [5.41, 5.74) is 5.52. The number of rotatable bonds is 2. The molecule has 0 bridgehead atoms. The molecule has 1 aliphatic rings. The van der Waals surface area contributed by atoms with Crippen LogP contribution in [0.15, 0.2) is 18.2 Å². The second kappa shape index (κ2) is 5.79. The first-order valence-corrected chi connectivity index (χ1v) is 6.94. The third-order valence-electron chi connectivity index (χ3n) is 3.05. The van der Waals surface area contributed by atoms with Gasteiger partial charge in [-0.3, -0.25) is 0 Å². The van der Waals surface area contributed by atoms with Crippen LogP contribution in [0.4, 0.5) is 14.9 Å².